The number of para-hydroxylation sites is 1. The van der Waals surface area contributed by atoms with Crippen molar-refractivity contribution in [3.05, 3.63) is 30.3 Å². The van der Waals surface area contributed by atoms with Crippen LogP contribution in [0.1, 0.15) is 25.7 Å². The van der Waals surface area contributed by atoms with Gasteiger partial charge in [-0.2, -0.15) is 0 Å². The normalized spacial score (nSPS) is 19.1. The highest BCUT2D eigenvalue weighted by Crippen LogP contribution is 2.21. The van der Waals surface area contributed by atoms with E-state index in [4.69, 9.17) is 4.74 Å². The van der Waals surface area contributed by atoms with Gasteiger partial charge in [0.05, 0.1) is 6.61 Å². The Morgan fingerprint density at radius 3 is 2.30 bits per heavy atom. The Hall–Kier alpha value is -2.08. The summed E-state index contributed by atoms with van der Waals surface area (Å²) in [6.45, 7) is 5.51. The number of likely N-dealkylation sites (N-methyl/N-ethyl adjacent to an activating group) is 1. The second-order valence-electron chi connectivity index (χ2n) is 7.55. The standard InChI is InChI=1S/C21H31N3O3/c1-22-13-15-24(16-14-22)21(26)18-9-11-23(12-10-18)20(25)8-5-17-27-19-6-3-2-4-7-19/h2-4,6-7,18H,5,8-17H2,1H3. The molecule has 6 nitrogen and oxygen atoms in total. The number of likely N-dealkylation sites (tertiary alicyclic amines) is 1. The van der Waals surface area contributed by atoms with E-state index in [9.17, 15) is 9.59 Å². The van der Waals surface area contributed by atoms with Gasteiger partial charge in [0.15, 0.2) is 0 Å². The number of carbonyl (C=O) groups is 2. The zero-order valence-electron chi connectivity index (χ0n) is 16.3. The number of carbonyl (C=O) groups excluding carboxylic acids is 2. The fraction of sp³-hybridized carbons (Fsp3) is 0.619. The molecule has 3 rings (SSSR count). The van der Waals surface area contributed by atoms with Crippen molar-refractivity contribution in [1.29, 1.82) is 0 Å². The monoisotopic (exact) mass is 373 g/mol. The summed E-state index contributed by atoms with van der Waals surface area (Å²) in [6, 6.07) is 9.67. The molecule has 6 heteroatoms. The van der Waals surface area contributed by atoms with Crippen molar-refractivity contribution in [2.75, 3.05) is 52.9 Å². The van der Waals surface area contributed by atoms with Crippen molar-refractivity contribution in [3.8, 4) is 5.75 Å². The van der Waals surface area contributed by atoms with E-state index in [1.54, 1.807) is 0 Å². The van der Waals surface area contributed by atoms with Crippen LogP contribution in [0.4, 0.5) is 0 Å². The summed E-state index contributed by atoms with van der Waals surface area (Å²) in [5.41, 5.74) is 0. The molecule has 0 spiro atoms. The third-order valence-electron chi connectivity index (χ3n) is 5.56. The van der Waals surface area contributed by atoms with Gasteiger partial charge >= 0.3 is 0 Å². The Kier molecular flexibility index (Phi) is 7.10. The minimum atomic E-state index is 0.0823. The van der Waals surface area contributed by atoms with Gasteiger partial charge in [0, 0.05) is 51.6 Å². The van der Waals surface area contributed by atoms with Gasteiger partial charge in [-0.15, -0.1) is 0 Å². The first-order chi connectivity index (χ1) is 13.1. The zero-order valence-corrected chi connectivity index (χ0v) is 16.3. The molecule has 2 amide bonds. The van der Waals surface area contributed by atoms with Gasteiger partial charge in [0.1, 0.15) is 5.75 Å². The molecule has 0 saturated carbocycles. The van der Waals surface area contributed by atoms with E-state index < -0.39 is 0 Å². The molecule has 148 valence electrons. The van der Waals surface area contributed by atoms with Crippen LogP contribution in [0.5, 0.6) is 5.75 Å². The van der Waals surface area contributed by atoms with Crippen LogP contribution in [-0.2, 0) is 9.59 Å². The number of amides is 2. The first-order valence-electron chi connectivity index (χ1n) is 10.1. The maximum Gasteiger partial charge on any atom is 0.225 e. The molecule has 2 aliphatic heterocycles. The average Bonchev–Trinajstić information content (AvgIpc) is 2.72. The van der Waals surface area contributed by atoms with E-state index in [-0.39, 0.29) is 17.7 Å². The molecule has 27 heavy (non-hydrogen) atoms. The number of nitrogens with zero attached hydrogens (tertiary/aromatic N) is 3. The summed E-state index contributed by atoms with van der Waals surface area (Å²) < 4.78 is 5.64. The molecule has 0 aromatic heterocycles. The molecular weight excluding hydrogens is 342 g/mol. The summed E-state index contributed by atoms with van der Waals surface area (Å²) in [6.07, 6.45) is 2.80. The Labute approximate surface area is 162 Å². The highest BCUT2D eigenvalue weighted by atomic mass is 16.5. The van der Waals surface area contributed by atoms with E-state index in [1.807, 2.05) is 40.1 Å². The van der Waals surface area contributed by atoms with Gasteiger partial charge in [-0.3, -0.25) is 9.59 Å². The molecule has 0 bridgehead atoms. The zero-order chi connectivity index (χ0) is 19.1. The molecule has 0 atom stereocenters. The summed E-state index contributed by atoms with van der Waals surface area (Å²) in [7, 11) is 2.09. The van der Waals surface area contributed by atoms with Crippen LogP contribution >= 0.6 is 0 Å². The number of rotatable bonds is 6. The predicted molar refractivity (Wildman–Crippen MR) is 105 cm³/mol. The highest BCUT2D eigenvalue weighted by Gasteiger charge is 2.31. The third-order valence-corrected chi connectivity index (χ3v) is 5.56. The van der Waals surface area contributed by atoms with Crippen molar-refractivity contribution in [2.45, 2.75) is 25.7 Å². The van der Waals surface area contributed by atoms with Crippen molar-refractivity contribution in [1.82, 2.24) is 14.7 Å². The highest BCUT2D eigenvalue weighted by molar-refractivity contribution is 5.80. The number of benzene rings is 1. The van der Waals surface area contributed by atoms with Crippen LogP contribution in [0.25, 0.3) is 0 Å². The van der Waals surface area contributed by atoms with E-state index in [0.29, 0.717) is 32.5 Å². The molecule has 2 heterocycles. The van der Waals surface area contributed by atoms with Crippen LogP contribution in [0.3, 0.4) is 0 Å². The summed E-state index contributed by atoms with van der Waals surface area (Å²) >= 11 is 0. The van der Waals surface area contributed by atoms with Crippen LogP contribution in [0.2, 0.25) is 0 Å². The lowest BCUT2D eigenvalue weighted by Crippen LogP contribution is -2.51. The lowest BCUT2D eigenvalue weighted by atomic mass is 9.94. The van der Waals surface area contributed by atoms with Crippen LogP contribution < -0.4 is 4.74 Å². The largest absolute Gasteiger partial charge is 0.494 e. The second-order valence-corrected chi connectivity index (χ2v) is 7.55. The van der Waals surface area contributed by atoms with Gasteiger partial charge < -0.3 is 19.4 Å². The average molecular weight is 373 g/mol. The van der Waals surface area contributed by atoms with Gasteiger partial charge in [-0.25, -0.2) is 0 Å². The number of ether oxygens (including phenoxy) is 1. The first kappa shape index (κ1) is 19.7. The smallest absolute Gasteiger partial charge is 0.225 e. The fourth-order valence-electron chi connectivity index (χ4n) is 3.75. The fourth-order valence-corrected chi connectivity index (χ4v) is 3.75. The van der Waals surface area contributed by atoms with Gasteiger partial charge in [-0.1, -0.05) is 18.2 Å². The van der Waals surface area contributed by atoms with Gasteiger partial charge in [0.25, 0.3) is 0 Å². The van der Waals surface area contributed by atoms with Crippen LogP contribution in [0, 0.1) is 5.92 Å². The Morgan fingerprint density at radius 2 is 1.63 bits per heavy atom. The molecule has 1 aromatic carbocycles. The molecule has 2 saturated heterocycles. The van der Waals surface area contributed by atoms with E-state index in [1.165, 1.54) is 0 Å². The lowest BCUT2D eigenvalue weighted by molar-refractivity contribution is -0.142. The molecule has 2 fully saturated rings. The Morgan fingerprint density at radius 1 is 0.963 bits per heavy atom. The minimum absolute atomic E-state index is 0.0823. The molecular formula is C21H31N3O3. The van der Waals surface area contributed by atoms with Crippen LogP contribution in [-0.4, -0.2) is 79.4 Å². The summed E-state index contributed by atoms with van der Waals surface area (Å²) in [4.78, 5) is 31.2. The molecule has 0 unspecified atom stereocenters. The van der Waals surface area contributed by atoms with Crippen molar-refractivity contribution in [3.63, 3.8) is 0 Å². The summed E-state index contributed by atoms with van der Waals surface area (Å²) in [5, 5.41) is 0. The summed E-state index contributed by atoms with van der Waals surface area (Å²) in [5.74, 6) is 1.38. The van der Waals surface area contributed by atoms with E-state index >= 15 is 0 Å². The maximum atomic E-state index is 12.7. The number of hydrogen-bond donors (Lipinski definition) is 0. The van der Waals surface area contributed by atoms with E-state index in [2.05, 4.69) is 11.9 Å². The minimum Gasteiger partial charge on any atom is -0.494 e. The topological polar surface area (TPSA) is 53.1 Å². The quantitative estimate of drug-likeness (QED) is 0.715. The van der Waals surface area contributed by atoms with Gasteiger partial charge in [0.2, 0.25) is 11.8 Å². The molecule has 0 N–H and O–H groups in total. The molecule has 0 aliphatic carbocycles. The predicted octanol–water partition coefficient (Wildman–Crippen LogP) is 1.86. The molecule has 0 radical (unpaired) electrons. The number of piperazine rings is 1. The molecule has 2 aliphatic rings. The van der Waals surface area contributed by atoms with E-state index in [0.717, 1.165) is 44.8 Å². The van der Waals surface area contributed by atoms with Gasteiger partial charge in [-0.05, 0) is 38.4 Å². The lowest BCUT2D eigenvalue weighted by Gasteiger charge is -2.37. The third kappa shape index (κ3) is 5.70. The van der Waals surface area contributed by atoms with Crippen molar-refractivity contribution >= 4 is 11.8 Å². The van der Waals surface area contributed by atoms with Crippen molar-refractivity contribution < 1.29 is 14.3 Å². The second kappa shape index (κ2) is 9.74. The molecule has 1 aromatic rings. The maximum absolute atomic E-state index is 12.7. The Balaban J connectivity index is 1.33. The first-order valence-corrected chi connectivity index (χ1v) is 10.1. The number of hydrogen-bond acceptors (Lipinski definition) is 4. The van der Waals surface area contributed by atoms with Crippen LogP contribution in [0.15, 0.2) is 30.3 Å². The Bertz CT molecular complexity index is 606. The van der Waals surface area contributed by atoms with Crippen molar-refractivity contribution in [2.24, 2.45) is 5.92 Å². The number of piperidine rings is 1. The SMILES string of the molecule is CN1CCN(C(=O)C2CCN(C(=O)CCCOc3ccccc3)CC2)CC1.